The van der Waals surface area contributed by atoms with Crippen molar-refractivity contribution < 1.29 is 8.42 Å². The Morgan fingerprint density at radius 2 is 1.59 bits per heavy atom. The van der Waals surface area contributed by atoms with Crippen LogP contribution in [0.4, 0.5) is 0 Å². The predicted molar refractivity (Wildman–Crippen MR) is 68.3 cm³/mol. The molecule has 0 spiro atoms. The molecule has 0 bridgehead atoms. The molecule has 0 atom stereocenters. The fourth-order valence-corrected chi connectivity index (χ4v) is 2.41. The molecule has 0 heterocycles. The molecule has 17 heavy (non-hydrogen) atoms. The lowest BCUT2D eigenvalue weighted by Crippen LogP contribution is -2.12. The average Bonchev–Trinajstić information content (AvgIpc) is 2.28. The molecule has 0 amide bonds. The van der Waals surface area contributed by atoms with E-state index in [1.807, 2.05) is 30.3 Å². The lowest BCUT2D eigenvalue weighted by atomic mass is 10.1. The van der Waals surface area contributed by atoms with E-state index >= 15 is 0 Å². The van der Waals surface area contributed by atoms with Gasteiger partial charge in [-0.15, -0.1) is 0 Å². The lowest BCUT2D eigenvalue weighted by Gasteiger charge is -2.05. The van der Waals surface area contributed by atoms with Crippen molar-refractivity contribution in [3.63, 3.8) is 0 Å². The highest BCUT2D eigenvalue weighted by atomic mass is 35.5. The van der Waals surface area contributed by atoms with Crippen LogP contribution in [0.3, 0.4) is 0 Å². The zero-order valence-electron chi connectivity index (χ0n) is 8.80. The third kappa shape index (κ3) is 2.85. The molecule has 0 aliphatic rings. The standard InChI is InChI=1S/C12H10ClNO2S/c13-11-6-10(9-4-2-1-3-5-9)7-12(8-11)17(14,15)16/h1-8H,(H2,14,15,16). The Labute approximate surface area is 105 Å². The van der Waals surface area contributed by atoms with Crippen LogP contribution in [0, 0.1) is 0 Å². The van der Waals surface area contributed by atoms with Gasteiger partial charge in [0, 0.05) is 5.02 Å². The number of nitrogens with two attached hydrogens (primary N) is 1. The van der Waals surface area contributed by atoms with Crippen molar-refractivity contribution in [2.75, 3.05) is 0 Å². The maximum Gasteiger partial charge on any atom is 0.238 e. The molecule has 0 aliphatic heterocycles. The fraction of sp³-hybridized carbons (Fsp3) is 0. The monoisotopic (exact) mass is 267 g/mol. The van der Waals surface area contributed by atoms with E-state index in [4.69, 9.17) is 16.7 Å². The van der Waals surface area contributed by atoms with Crippen molar-refractivity contribution in [1.82, 2.24) is 0 Å². The molecular weight excluding hydrogens is 258 g/mol. The van der Waals surface area contributed by atoms with E-state index in [0.29, 0.717) is 5.02 Å². The van der Waals surface area contributed by atoms with Gasteiger partial charge in [0.25, 0.3) is 0 Å². The van der Waals surface area contributed by atoms with Gasteiger partial charge in [0.2, 0.25) is 10.0 Å². The molecule has 2 aromatic carbocycles. The summed E-state index contributed by atoms with van der Waals surface area (Å²) < 4.78 is 22.6. The summed E-state index contributed by atoms with van der Waals surface area (Å²) in [5.41, 5.74) is 1.61. The molecule has 0 unspecified atom stereocenters. The number of benzene rings is 2. The second-order valence-corrected chi connectivity index (χ2v) is 5.58. The SMILES string of the molecule is NS(=O)(=O)c1cc(Cl)cc(-c2ccccc2)c1. The summed E-state index contributed by atoms with van der Waals surface area (Å²) in [5, 5.41) is 5.43. The number of hydrogen-bond donors (Lipinski definition) is 1. The van der Waals surface area contributed by atoms with Crippen LogP contribution in [0.2, 0.25) is 5.02 Å². The maximum atomic E-state index is 11.3. The number of hydrogen-bond acceptors (Lipinski definition) is 2. The largest absolute Gasteiger partial charge is 0.238 e. The maximum absolute atomic E-state index is 11.3. The van der Waals surface area contributed by atoms with E-state index in [1.165, 1.54) is 12.1 Å². The number of rotatable bonds is 2. The van der Waals surface area contributed by atoms with E-state index in [0.717, 1.165) is 11.1 Å². The Balaban J connectivity index is 2.61. The minimum atomic E-state index is -3.74. The number of halogens is 1. The van der Waals surface area contributed by atoms with Gasteiger partial charge in [-0.2, -0.15) is 0 Å². The Morgan fingerprint density at radius 3 is 2.18 bits per heavy atom. The highest BCUT2D eigenvalue weighted by Gasteiger charge is 2.10. The minimum Gasteiger partial charge on any atom is -0.225 e. The van der Waals surface area contributed by atoms with Gasteiger partial charge in [-0.3, -0.25) is 0 Å². The first-order valence-corrected chi connectivity index (χ1v) is 6.78. The van der Waals surface area contributed by atoms with E-state index in [1.54, 1.807) is 6.07 Å². The average molecular weight is 268 g/mol. The number of sulfonamides is 1. The minimum absolute atomic E-state index is 0.0175. The van der Waals surface area contributed by atoms with Gasteiger partial charge < -0.3 is 0 Å². The van der Waals surface area contributed by atoms with Crippen LogP contribution in [-0.2, 0) is 10.0 Å². The summed E-state index contributed by atoms with van der Waals surface area (Å²) >= 11 is 5.89. The Morgan fingerprint density at radius 1 is 0.941 bits per heavy atom. The first-order chi connectivity index (χ1) is 7.97. The summed E-state index contributed by atoms with van der Waals surface area (Å²) in [5.74, 6) is 0. The van der Waals surface area contributed by atoms with Gasteiger partial charge in [-0.1, -0.05) is 41.9 Å². The van der Waals surface area contributed by atoms with E-state index in [9.17, 15) is 8.42 Å². The van der Waals surface area contributed by atoms with Crippen molar-refractivity contribution >= 4 is 21.6 Å². The van der Waals surface area contributed by atoms with Crippen LogP contribution < -0.4 is 5.14 Å². The summed E-state index contributed by atoms with van der Waals surface area (Å²) in [4.78, 5) is 0.0175. The second kappa shape index (κ2) is 4.49. The van der Waals surface area contributed by atoms with Crippen molar-refractivity contribution in [2.24, 2.45) is 5.14 Å². The molecule has 0 aliphatic carbocycles. The molecule has 0 saturated heterocycles. The van der Waals surface area contributed by atoms with Crippen LogP contribution in [0.15, 0.2) is 53.4 Å². The first kappa shape index (κ1) is 12.1. The first-order valence-electron chi connectivity index (χ1n) is 4.85. The normalized spacial score (nSPS) is 11.4. The summed E-state index contributed by atoms with van der Waals surface area (Å²) in [7, 11) is -3.74. The lowest BCUT2D eigenvalue weighted by molar-refractivity contribution is 0.598. The van der Waals surface area contributed by atoms with Crippen LogP contribution in [0.1, 0.15) is 0 Å². The van der Waals surface area contributed by atoms with Gasteiger partial charge in [0.15, 0.2) is 0 Å². The third-order valence-corrected chi connectivity index (χ3v) is 3.42. The Kier molecular flexibility index (Phi) is 3.19. The van der Waals surface area contributed by atoms with Gasteiger partial charge >= 0.3 is 0 Å². The van der Waals surface area contributed by atoms with Crippen molar-refractivity contribution in [1.29, 1.82) is 0 Å². The van der Waals surface area contributed by atoms with E-state index in [2.05, 4.69) is 0 Å². The smallest absolute Gasteiger partial charge is 0.225 e. The predicted octanol–water partition coefficient (Wildman–Crippen LogP) is 2.65. The van der Waals surface area contributed by atoms with Gasteiger partial charge in [-0.25, -0.2) is 13.6 Å². The van der Waals surface area contributed by atoms with Crippen LogP contribution in [-0.4, -0.2) is 8.42 Å². The highest BCUT2D eigenvalue weighted by molar-refractivity contribution is 7.89. The molecule has 0 saturated carbocycles. The molecular formula is C12H10ClNO2S. The molecule has 2 aromatic rings. The molecule has 3 nitrogen and oxygen atoms in total. The zero-order valence-corrected chi connectivity index (χ0v) is 10.4. The topological polar surface area (TPSA) is 60.2 Å². The second-order valence-electron chi connectivity index (χ2n) is 3.59. The molecule has 2 N–H and O–H groups in total. The van der Waals surface area contributed by atoms with Gasteiger partial charge in [-0.05, 0) is 29.3 Å². The quantitative estimate of drug-likeness (QED) is 0.909. The summed E-state index contributed by atoms with van der Waals surface area (Å²) in [6.45, 7) is 0. The van der Waals surface area contributed by atoms with Gasteiger partial charge in [0.05, 0.1) is 4.90 Å². The Hall–Kier alpha value is -1.36. The molecule has 2 rings (SSSR count). The summed E-state index contributed by atoms with van der Waals surface area (Å²) in [6, 6.07) is 13.9. The molecule has 5 heteroatoms. The van der Waals surface area contributed by atoms with Crippen LogP contribution >= 0.6 is 11.6 Å². The van der Waals surface area contributed by atoms with Crippen LogP contribution in [0.5, 0.6) is 0 Å². The molecule has 0 fully saturated rings. The summed E-state index contributed by atoms with van der Waals surface area (Å²) in [6.07, 6.45) is 0. The Bertz CT molecular complexity index is 639. The zero-order chi connectivity index (χ0) is 12.5. The highest BCUT2D eigenvalue weighted by Crippen LogP contribution is 2.26. The van der Waals surface area contributed by atoms with E-state index < -0.39 is 10.0 Å². The number of primary sulfonamides is 1. The van der Waals surface area contributed by atoms with Crippen molar-refractivity contribution in [2.45, 2.75) is 4.90 Å². The van der Waals surface area contributed by atoms with E-state index in [-0.39, 0.29) is 4.90 Å². The van der Waals surface area contributed by atoms with Crippen molar-refractivity contribution in [3.05, 3.63) is 53.6 Å². The molecule has 0 radical (unpaired) electrons. The third-order valence-electron chi connectivity index (χ3n) is 2.31. The molecule has 88 valence electrons. The van der Waals surface area contributed by atoms with Crippen LogP contribution in [0.25, 0.3) is 11.1 Å². The van der Waals surface area contributed by atoms with Gasteiger partial charge in [0.1, 0.15) is 0 Å². The molecule has 0 aromatic heterocycles. The fourth-order valence-electron chi connectivity index (χ4n) is 1.52. The van der Waals surface area contributed by atoms with Crippen molar-refractivity contribution in [3.8, 4) is 11.1 Å².